The van der Waals surface area contributed by atoms with Gasteiger partial charge in [0.2, 0.25) is 0 Å². The molecule has 136 valence electrons. The lowest BCUT2D eigenvalue weighted by atomic mass is 9.84. The van der Waals surface area contributed by atoms with Gasteiger partial charge >= 0.3 is 0 Å². The summed E-state index contributed by atoms with van der Waals surface area (Å²) < 4.78 is 0. The van der Waals surface area contributed by atoms with Crippen LogP contribution in [0, 0.1) is 0 Å². The average Bonchev–Trinajstić information content (AvgIpc) is 2.70. The maximum absolute atomic E-state index is 10.8. The van der Waals surface area contributed by atoms with Crippen molar-refractivity contribution in [2.75, 3.05) is 0 Å². The molecule has 0 heterocycles. The van der Waals surface area contributed by atoms with Crippen LogP contribution in [0.15, 0.2) is 91.0 Å². The fraction of sp³-hybridized carbons (Fsp3) is 0.111. The van der Waals surface area contributed by atoms with Gasteiger partial charge < -0.3 is 5.11 Å². The number of fused-ring (bicyclic) bond motifs is 3. The van der Waals surface area contributed by atoms with Gasteiger partial charge in [0.1, 0.15) is 0 Å². The summed E-state index contributed by atoms with van der Waals surface area (Å²) in [5.41, 5.74) is 2.31. The Morgan fingerprint density at radius 1 is 0.571 bits per heavy atom. The van der Waals surface area contributed by atoms with E-state index in [4.69, 9.17) is 0 Å². The fourth-order valence-electron chi connectivity index (χ4n) is 4.28. The van der Waals surface area contributed by atoms with Crippen LogP contribution >= 0.6 is 0 Å². The topological polar surface area (TPSA) is 20.2 Å². The van der Waals surface area contributed by atoms with Gasteiger partial charge in [-0.3, -0.25) is 0 Å². The molecule has 0 saturated heterocycles. The summed E-state index contributed by atoms with van der Waals surface area (Å²) >= 11 is 0. The minimum absolute atomic E-state index is 0.920. The summed E-state index contributed by atoms with van der Waals surface area (Å²) in [5, 5.41) is 18.2. The molecule has 0 bridgehead atoms. The van der Waals surface area contributed by atoms with Crippen LogP contribution in [0.2, 0.25) is 0 Å². The Hall–Kier alpha value is -3.16. The number of rotatable bonds is 2. The van der Waals surface area contributed by atoms with E-state index in [1.54, 1.807) is 0 Å². The van der Waals surface area contributed by atoms with Gasteiger partial charge in [0, 0.05) is 0 Å². The van der Waals surface area contributed by atoms with Gasteiger partial charge in [0.15, 0.2) is 0 Å². The van der Waals surface area contributed by atoms with Crippen molar-refractivity contribution < 1.29 is 5.11 Å². The van der Waals surface area contributed by atoms with Crippen molar-refractivity contribution in [2.24, 2.45) is 0 Å². The first-order valence-electron chi connectivity index (χ1n) is 9.69. The first-order chi connectivity index (χ1) is 13.5. The van der Waals surface area contributed by atoms with Crippen LogP contribution in [0.1, 0.15) is 19.4 Å². The highest BCUT2D eigenvalue weighted by atomic mass is 16.3. The summed E-state index contributed by atoms with van der Waals surface area (Å²) in [5.74, 6) is 0. The molecule has 5 rings (SSSR count). The Bertz CT molecular complexity index is 1330. The molecule has 0 atom stereocenters. The van der Waals surface area contributed by atoms with Gasteiger partial charge in [-0.05, 0) is 81.1 Å². The first kappa shape index (κ1) is 17.0. The maximum Gasteiger partial charge on any atom is 0.0846 e. The quantitative estimate of drug-likeness (QED) is 0.334. The van der Waals surface area contributed by atoms with E-state index in [1.165, 1.54) is 37.9 Å². The predicted octanol–water partition coefficient (Wildman–Crippen LogP) is 7.04. The molecule has 28 heavy (non-hydrogen) atoms. The van der Waals surface area contributed by atoms with Crippen LogP contribution in [0.5, 0.6) is 0 Å². The second-order valence-electron chi connectivity index (χ2n) is 8.00. The van der Waals surface area contributed by atoms with E-state index in [9.17, 15) is 5.11 Å². The molecule has 5 aromatic rings. The smallest absolute Gasteiger partial charge is 0.0846 e. The van der Waals surface area contributed by atoms with Gasteiger partial charge in [0.25, 0.3) is 0 Å². The standard InChI is InChI=1S/C27H22O/c1-27(2,28)25-14-8-7-13-23(25)26-22-12-6-5-11-20(22)16-21-15-18-9-3-4-10-19(18)17-24(21)26/h3-17,28H,1-2H3. The van der Waals surface area contributed by atoms with Gasteiger partial charge in [-0.2, -0.15) is 0 Å². The molecule has 5 aromatic carbocycles. The van der Waals surface area contributed by atoms with Crippen molar-refractivity contribution in [3.8, 4) is 11.1 Å². The molecule has 0 radical (unpaired) electrons. The molecule has 1 heteroatoms. The SMILES string of the molecule is CC(C)(O)c1ccccc1-c1c2ccccc2cc2cc3ccccc3cc12. The van der Waals surface area contributed by atoms with Crippen molar-refractivity contribution in [1.29, 1.82) is 0 Å². The number of hydrogen-bond donors (Lipinski definition) is 1. The largest absolute Gasteiger partial charge is 0.386 e. The third-order valence-corrected chi connectivity index (χ3v) is 5.58. The molecular formula is C27H22O. The molecule has 1 nitrogen and oxygen atoms in total. The first-order valence-corrected chi connectivity index (χ1v) is 9.69. The zero-order chi connectivity index (χ0) is 19.3. The minimum Gasteiger partial charge on any atom is -0.386 e. The van der Waals surface area contributed by atoms with E-state index in [0.29, 0.717) is 0 Å². The van der Waals surface area contributed by atoms with E-state index < -0.39 is 5.60 Å². The van der Waals surface area contributed by atoms with Crippen molar-refractivity contribution in [3.63, 3.8) is 0 Å². The zero-order valence-electron chi connectivity index (χ0n) is 16.1. The van der Waals surface area contributed by atoms with E-state index in [0.717, 1.165) is 11.1 Å². The number of aliphatic hydroxyl groups is 1. The molecular weight excluding hydrogens is 340 g/mol. The molecule has 0 aliphatic carbocycles. The molecule has 0 spiro atoms. The summed E-state index contributed by atoms with van der Waals surface area (Å²) in [6.07, 6.45) is 0. The summed E-state index contributed by atoms with van der Waals surface area (Å²) in [6, 6.07) is 32.1. The van der Waals surface area contributed by atoms with E-state index >= 15 is 0 Å². The van der Waals surface area contributed by atoms with Crippen LogP contribution in [0.25, 0.3) is 43.4 Å². The average molecular weight is 362 g/mol. The lowest BCUT2D eigenvalue weighted by Gasteiger charge is -2.23. The van der Waals surface area contributed by atoms with Crippen molar-refractivity contribution in [3.05, 3.63) is 96.6 Å². The van der Waals surface area contributed by atoms with Crippen molar-refractivity contribution in [2.45, 2.75) is 19.4 Å². The molecule has 1 N–H and O–H groups in total. The summed E-state index contributed by atoms with van der Waals surface area (Å²) in [6.45, 7) is 3.71. The van der Waals surface area contributed by atoms with Crippen LogP contribution < -0.4 is 0 Å². The summed E-state index contributed by atoms with van der Waals surface area (Å²) in [7, 11) is 0. The maximum atomic E-state index is 10.8. The van der Waals surface area contributed by atoms with Crippen LogP contribution in [0.3, 0.4) is 0 Å². The normalized spacial score (nSPS) is 12.1. The fourth-order valence-corrected chi connectivity index (χ4v) is 4.28. The lowest BCUT2D eigenvalue weighted by molar-refractivity contribution is 0.0792. The van der Waals surface area contributed by atoms with Crippen LogP contribution in [-0.2, 0) is 5.60 Å². The highest BCUT2D eigenvalue weighted by molar-refractivity contribution is 6.16. The Morgan fingerprint density at radius 2 is 1.14 bits per heavy atom. The molecule has 0 aromatic heterocycles. The van der Waals surface area contributed by atoms with Gasteiger partial charge in [-0.15, -0.1) is 0 Å². The number of hydrogen-bond acceptors (Lipinski definition) is 1. The van der Waals surface area contributed by atoms with Gasteiger partial charge in [-0.25, -0.2) is 0 Å². The number of benzene rings is 5. The van der Waals surface area contributed by atoms with Crippen molar-refractivity contribution >= 4 is 32.3 Å². The Kier molecular flexibility index (Phi) is 3.75. The van der Waals surface area contributed by atoms with Gasteiger partial charge in [0.05, 0.1) is 5.60 Å². The monoisotopic (exact) mass is 362 g/mol. The zero-order valence-corrected chi connectivity index (χ0v) is 16.1. The Labute approximate surface area is 164 Å². The molecule has 0 unspecified atom stereocenters. The molecule has 0 fully saturated rings. The van der Waals surface area contributed by atoms with E-state index in [2.05, 4.69) is 78.9 Å². The molecule has 0 saturated carbocycles. The molecule has 0 amide bonds. The highest BCUT2D eigenvalue weighted by Crippen LogP contribution is 2.41. The van der Waals surface area contributed by atoms with Crippen LogP contribution in [-0.4, -0.2) is 5.11 Å². The van der Waals surface area contributed by atoms with E-state index in [-0.39, 0.29) is 0 Å². The molecule has 0 aliphatic rings. The summed E-state index contributed by atoms with van der Waals surface area (Å²) in [4.78, 5) is 0. The van der Waals surface area contributed by atoms with E-state index in [1.807, 2.05) is 26.0 Å². The predicted molar refractivity (Wildman–Crippen MR) is 120 cm³/mol. The van der Waals surface area contributed by atoms with Crippen LogP contribution in [0.4, 0.5) is 0 Å². The minimum atomic E-state index is -0.920. The third-order valence-electron chi connectivity index (χ3n) is 5.58. The lowest BCUT2D eigenvalue weighted by Crippen LogP contribution is -2.16. The Balaban J connectivity index is 2.00. The highest BCUT2D eigenvalue weighted by Gasteiger charge is 2.22. The van der Waals surface area contributed by atoms with Gasteiger partial charge in [-0.1, -0.05) is 72.8 Å². The third kappa shape index (κ3) is 2.67. The second-order valence-corrected chi connectivity index (χ2v) is 8.00. The Morgan fingerprint density at radius 3 is 1.89 bits per heavy atom. The second kappa shape index (κ2) is 6.19. The molecule has 0 aliphatic heterocycles. The van der Waals surface area contributed by atoms with Crippen molar-refractivity contribution in [1.82, 2.24) is 0 Å².